The standard InChI is InChI=1S/C6H10O3/c7-4-1-2-5(8)6(9)3-4/h2,4,6-9H,1,3H2. The van der Waals surface area contributed by atoms with Crippen LogP contribution in [0.4, 0.5) is 0 Å². The highest BCUT2D eigenvalue weighted by molar-refractivity contribution is 5.03. The Labute approximate surface area is 53.3 Å². The molecule has 1 aliphatic carbocycles. The summed E-state index contributed by atoms with van der Waals surface area (Å²) in [5.74, 6) is -0.0136. The lowest BCUT2D eigenvalue weighted by Gasteiger charge is -2.18. The summed E-state index contributed by atoms with van der Waals surface area (Å²) in [4.78, 5) is 0. The van der Waals surface area contributed by atoms with Crippen LogP contribution < -0.4 is 0 Å². The smallest absolute Gasteiger partial charge is 0.117 e. The third kappa shape index (κ3) is 1.43. The lowest BCUT2D eigenvalue weighted by molar-refractivity contribution is 0.0631. The molecule has 0 amide bonds. The van der Waals surface area contributed by atoms with Gasteiger partial charge >= 0.3 is 0 Å². The van der Waals surface area contributed by atoms with Gasteiger partial charge in [-0.25, -0.2) is 0 Å². The molecule has 0 heterocycles. The van der Waals surface area contributed by atoms with Gasteiger partial charge in [-0.15, -0.1) is 0 Å². The van der Waals surface area contributed by atoms with Crippen molar-refractivity contribution in [2.24, 2.45) is 0 Å². The second-order valence-corrected chi connectivity index (χ2v) is 2.27. The fourth-order valence-electron chi connectivity index (χ4n) is 0.868. The molecule has 2 atom stereocenters. The lowest BCUT2D eigenvalue weighted by Crippen LogP contribution is -2.23. The SMILES string of the molecule is OC1=CCC(O)CC1O. The first kappa shape index (κ1) is 6.58. The highest BCUT2D eigenvalue weighted by atomic mass is 16.3. The number of aliphatic hydroxyl groups excluding tert-OH is 3. The number of rotatable bonds is 0. The minimum Gasteiger partial charge on any atom is -0.510 e. The van der Waals surface area contributed by atoms with Crippen molar-refractivity contribution < 1.29 is 15.3 Å². The van der Waals surface area contributed by atoms with Crippen molar-refractivity contribution in [3.63, 3.8) is 0 Å². The van der Waals surface area contributed by atoms with E-state index in [-0.39, 0.29) is 12.2 Å². The van der Waals surface area contributed by atoms with E-state index in [4.69, 9.17) is 15.3 Å². The van der Waals surface area contributed by atoms with Crippen LogP contribution in [0, 0.1) is 0 Å². The monoisotopic (exact) mass is 130 g/mol. The Morgan fingerprint density at radius 1 is 1.44 bits per heavy atom. The van der Waals surface area contributed by atoms with E-state index in [9.17, 15) is 0 Å². The van der Waals surface area contributed by atoms with E-state index in [0.717, 1.165) is 0 Å². The van der Waals surface area contributed by atoms with Gasteiger partial charge < -0.3 is 15.3 Å². The van der Waals surface area contributed by atoms with Crippen molar-refractivity contribution in [2.45, 2.75) is 25.0 Å². The molecule has 0 saturated carbocycles. The van der Waals surface area contributed by atoms with Gasteiger partial charge in [0.1, 0.15) is 11.9 Å². The highest BCUT2D eigenvalue weighted by Gasteiger charge is 2.19. The third-order valence-corrected chi connectivity index (χ3v) is 1.44. The van der Waals surface area contributed by atoms with Crippen LogP contribution in [0.25, 0.3) is 0 Å². The van der Waals surface area contributed by atoms with Gasteiger partial charge in [0.25, 0.3) is 0 Å². The second-order valence-electron chi connectivity index (χ2n) is 2.27. The topological polar surface area (TPSA) is 60.7 Å². The van der Waals surface area contributed by atoms with Crippen LogP contribution in [0.15, 0.2) is 11.8 Å². The van der Waals surface area contributed by atoms with E-state index in [0.29, 0.717) is 6.42 Å². The molecule has 2 unspecified atom stereocenters. The first-order chi connectivity index (χ1) is 4.20. The Balaban J connectivity index is 2.56. The van der Waals surface area contributed by atoms with Crippen molar-refractivity contribution in [3.8, 4) is 0 Å². The van der Waals surface area contributed by atoms with Crippen molar-refractivity contribution >= 4 is 0 Å². The summed E-state index contributed by atoms with van der Waals surface area (Å²) in [7, 11) is 0. The molecule has 3 N–H and O–H groups in total. The molecule has 0 fully saturated rings. The molecule has 0 aliphatic heterocycles. The summed E-state index contributed by atoms with van der Waals surface area (Å²) in [6, 6.07) is 0. The van der Waals surface area contributed by atoms with Crippen molar-refractivity contribution in [1.82, 2.24) is 0 Å². The zero-order valence-electron chi connectivity index (χ0n) is 4.99. The van der Waals surface area contributed by atoms with E-state index in [1.165, 1.54) is 6.08 Å². The molecule has 3 nitrogen and oxygen atoms in total. The number of aliphatic hydroxyl groups is 3. The Bertz CT molecular complexity index is 130. The van der Waals surface area contributed by atoms with Gasteiger partial charge in [-0.1, -0.05) is 0 Å². The van der Waals surface area contributed by atoms with E-state index in [1.807, 2.05) is 0 Å². The molecule has 52 valence electrons. The van der Waals surface area contributed by atoms with Gasteiger partial charge in [0.05, 0.1) is 6.10 Å². The summed E-state index contributed by atoms with van der Waals surface area (Å²) in [6.07, 6.45) is 0.800. The lowest BCUT2D eigenvalue weighted by atomic mass is 10.0. The Hall–Kier alpha value is -0.540. The molecule has 3 heteroatoms. The van der Waals surface area contributed by atoms with Crippen LogP contribution in [-0.2, 0) is 0 Å². The zero-order chi connectivity index (χ0) is 6.85. The average molecular weight is 130 g/mol. The van der Waals surface area contributed by atoms with Gasteiger partial charge in [0.15, 0.2) is 0 Å². The van der Waals surface area contributed by atoms with Crippen LogP contribution in [-0.4, -0.2) is 27.5 Å². The summed E-state index contributed by atoms with van der Waals surface area (Å²) in [5, 5.41) is 26.5. The third-order valence-electron chi connectivity index (χ3n) is 1.44. The largest absolute Gasteiger partial charge is 0.510 e. The van der Waals surface area contributed by atoms with Crippen molar-refractivity contribution in [1.29, 1.82) is 0 Å². The van der Waals surface area contributed by atoms with Crippen LogP contribution in [0.3, 0.4) is 0 Å². The van der Waals surface area contributed by atoms with Gasteiger partial charge in [0.2, 0.25) is 0 Å². The number of hydrogen-bond acceptors (Lipinski definition) is 3. The fraction of sp³-hybridized carbons (Fsp3) is 0.667. The maximum Gasteiger partial charge on any atom is 0.117 e. The molecule has 0 radical (unpaired) electrons. The molecule has 0 aromatic rings. The summed E-state index contributed by atoms with van der Waals surface area (Å²) in [6.45, 7) is 0. The Morgan fingerprint density at radius 2 is 2.11 bits per heavy atom. The van der Waals surface area contributed by atoms with Crippen LogP contribution >= 0.6 is 0 Å². The first-order valence-corrected chi connectivity index (χ1v) is 2.95. The van der Waals surface area contributed by atoms with E-state index >= 15 is 0 Å². The van der Waals surface area contributed by atoms with Crippen LogP contribution in [0.2, 0.25) is 0 Å². The van der Waals surface area contributed by atoms with E-state index < -0.39 is 12.2 Å². The molecule has 0 bridgehead atoms. The normalized spacial score (nSPS) is 36.0. The maximum absolute atomic E-state index is 8.88. The molecule has 0 spiro atoms. The molecule has 9 heavy (non-hydrogen) atoms. The summed E-state index contributed by atoms with van der Waals surface area (Å²) in [5.41, 5.74) is 0. The highest BCUT2D eigenvalue weighted by Crippen LogP contribution is 2.15. The Morgan fingerprint density at radius 3 is 2.56 bits per heavy atom. The van der Waals surface area contributed by atoms with Crippen molar-refractivity contribution in [2.75, 3.05) is 0 Å². The molecule has 0 aromatic heterocycles. The maximum atomic E-state index is 8.88. The summed E-state index contributed by atoms with van der Waals surface area (Å²) >= 11 is 0. The van der Waals surface area contributed by atoms with Gasteiger partial charge in [0, 0.05) is 6.42 Å². The summed E-state index contributed by atoms with van der Waals surface area (Å²) < 4.78 is 0. The predicted octanol–water partition coefficient (Wildman–Crippen LogP) is -0.0561. The second kappa shape index (κ2) is 2.37. The zero-order valence-corrected chi connectivity index (χ0v) is 4.99. The molecular formula is C6H10O3. The minimum absolute atomic E-state index is 0.0136. The van der Waals surface area contributed by atoms with Crippen molar-refractivity contribution in [3.05, 3.63) is 11.8 Å². The number of hydrogen-bond donors (Lipinski definition) is 3. The van der Waals surface area contributed by atoms with E-state index in [1.54, 1.807) is 0 Å². The minimum atomic E-state index is -0.853. The van der Waals surface area contributed by atoms with E-state index in [2.05, 4.69) is 0 Å². The fourth-order valence-corrected chi connectivity index (χ4v) is 0.868. The molecule has 0 saturated heterocycles. The van der Waals surface area contributed by atoms with Crippen LogP contribution in [0.5, 0.6) is 0 Å². The molecule has 1 rings (SSSR count). The van der Waals surface area contributed by atoms with Gasteiger partial charge in [-0.05, 0) is 12.5 Å². The quantitative estimate of drug-likeness (QED) is 0.430. The van der Waals surface area contributed by atoms with Gasteiger partial charge in [-0.2, -0.15) is 0 Å². The molecule has 0 aromatic carbocycles. The van der Waals surface area contributed by atoms with Crippen LogP contribution in [0.1, 0.15) is 12.8 Å². The molecule has 1 aliphatic rings. The molecular weight excluding hydrogens is 120 g/mol. The average Bonchev–Trinajstić information content (AvgIpc) is 1.80. The Kier molecular flexibility index (Phi) is 1.73. The predicted molar refractivity (Wildman–Crippen MR) is 32.0 cm³/mol. The first-order valence-electron chi connectivity index (χ1n) is 2.95. The van der Waals surface area contributed by atoms with Gasteiger partial charge in [-0.3, -0.25) is 0 Å².